The minimum atomic E-state index is -1.24. The number of ketones is 1. The molecule has 8 atom stereocenters. The van der Waals surface area contributed by atoms with Gasteiger partial charge in [0.1, 0.15) is 18.3 Å². The second-order valence-electron chi connectivity index (χ2n) is 18.0. The van der Waals surface area contributed by atoms with Crippen molar-refractivity contribution in [2.75, 3.05) is 14.2 Å². The number of aromatic amines is 1. The fourth-order valence-electron chi connectivity index (χ4n) is 12.2. The van der Waals surface area contributed by atoms with E-state index in [9.17, 15) is 30.0 Å². The number of benzene rings is 3. The van der Waals surface area contributed by atoms with Crippen LogP contribution >= 0.6 is 0 Å². The number of methoxy groups -OCH3 is 2. The maximum Gasteiger partial charge on any atom is 0.318 e. The summed E-state index contributed by atoms with van der Waals surface area (Å²) in [5, 5.41) is 45.7. The normalized spacial score (nSPS) is 27.9. The quantitative estimate of drug-likeness (QED) is 0.0998. The van der Waals surface area contributed by atoms with Crippen molar-refractivity contribution in [3.8, 4) is 34.8 Å². The molecule has 60 heavy (non-hydrogen) atoms. The monoisotopic (exact) mass is 813 g/mol. The number of Topliss-reactive ketones (excluding diaryl/α,β-unsaturated/α-hetero) is 1. The van der Waals surface area contributed by atoms with Gasteiger partial charge in [0.25, 0.3) is 0 Å². The van der Waals surface area contributed by atoms with Crippen LogP contribution in [0, 0.1) is 40.9 Å². The number of hydrogen-bond acceptors (Lipinski definition) is 9. The predicted octanol–water partition coefficient (Wildman–Crippen LogP) is 7.91. The lowest BCUT2D eigenvalue weighted by molar-refractivity contribution is -0.155. The molecule has 0 unspecified atom stereocenters. The summed E-state index contributed by atoms with van der Waals surface area (Å²) in [5.41, 5.74) is 6.30. The second kappa shape index (κ2) is 16.3. The van der Waals surface area contributed by atoms with E-state index in [1.165, 1.54) is 33.1 Å². The number of aromatic hydroxyl groups is 2. The average Bonchev–Trinajstić information content (AvgIpc) is 3.83. The molecule has 4 aliphatic carbocycles. The van der Waals surface area contributed by atoms with E-state index in [1.807, 2.05) is 18.2 Å². The number of hydrogen-bond donors (Lipinski definition) is 5. The molecular weight excluding hydrogens is 759 g/mol. The Kier molecular flexibility index (Phi) is 10.9. The smallest absolute Gasteiger partial charge is 0.318 e. The highest BCUT2D eigenvalue weighted by molar-refractivity contribution is 5.94. The Morgan fingerprint density at radius 1 is 0.933 bits per heavy atom. The topological polar surface area (TPSA) is 159 Å². The highest BCUT2D eigenvalue weighted by Crippen LogP contribution is 2.66. The van der Waals surface area contributed by atoms with Crippen LogP contribution in [0.1, 0.15) is 104 Å². The summed E-state index contributed by atoms with van der Waals surface area (Å²) in [6.07, 6.45) is 7.64. The molecule has 2 bridgehead atoms. The lowest BCUT2D eigenvalue weighted by atomic mass is 9.48. The Balaban J connectivity index is 1.22. The van der Waals surface area contributed by atoms with Gasteiger partial charge in [-0.05, 0) is 126 Å². The molecule has 0 amide bonds. The largest absolute Gasteiger partial charge is 0.504 e. The van der Waals surface area contributed by atoms with E-state index >= 15 is 0 Å². The molecule has 3 fully saturated rings. The van der Waals surface area contributed by atoms with Crippen molar-refractivity contribution in [3.63, 3.8) is 0 Å². The fraction of sp³-hybridized carbons (Fsp3) is 0.480. The molecule has 2 heterocycles. The third-order valence-corrected chi connectivity index (χ3v) is 14.8. The number of rotatable bonds is 5. The summed E-state index contributed by atoms with van der Waals surface area (Å²) in [6.45, 7) is 0. The van der Waals surface area contributed by atoms with Gasteiger partial charge < -0.3 is 39.6 Å². The second-order valence-corrected chi connectivity index (χ2v) is 18.0. The number of phenolic OH excluding ortho intramolecular Hbond substituents is 2. The number of esters is 1. The molecule has 1 aromatic heterocycles. The Hall–Kier alpha value is -5.24. The maximum absolute atomic E-state index is 14.8. The molecule has 5 aliphatic rings. The van der Waals surface area contributed by atoms with Gasteiger partial charge in [-0.1, -0.05) is 55.0 Å². The number of carbonyl (C=O) groups excluding carboxylic acids is 2. The van der Waals surface area contributed by atoms with Crippen molar-refractivity contribution in [2.24, 2.45) is 29.1 Å². The van der Waals surface area contributed by atoms with Gasteiger partial charge in [-0.3, -0.25) is 9.59 Å². The van der Waals surface area contributed by atoms with Crippen LogP contribution in [0.4, 0.5) is 0 Å². The van der Waals surface area contributed by atoms with Crippen molar-refractivity contribution in [3.05, 3.63) is 88.6 Å². The molecule has 4 aromatic rings. The van der Waals surface area contributed by atoms with Crippen LogP contribution in [-0.4, -0.2) is 69.7 Å². The number of H-pyrrole nitrogens is 1. The van der Waals surface area contributed by atoms with E-state index < -0.39 is 18.2 Å². The van der Waals surface area contributed by atoms with Crippen LogP contribution < -0.4 is 9.47 Å². The summed E-state index contributed by atoms with van der Waals surface area (Å²) in [5.74, 6) is 6.38. The number of phenols is 2. The Labute approximate surface area is 351 Å². The molecule has 0 saturated heterocycles. The zero-order chi connectivity index (χ0) is 41.7. The summed E-state index contributed by atoms with van der Waals surface area (Å²) in [4.78, 5) is 32.1. The van der Waals surface area contributed by atoms with Crippen molar-refractivity contribution in [1.82, 2.24) is 4.98 Å². The summed E-state index contributed by atoms with van der Waals surface area (Å²) < 4.78 is 17.0. The van der Waals surface area contributed by atoms with Crippen molar-refractivity contribution in [1.29, 1.82) is 0 Å². The van der Waals surface area contributed by atoms with Crippen LogP contribution in [0.25, 0.3) is 16.5 Å². The number of cyclic esters (lactones) is 1. The zero-order valence-corrected chi connectivity index (χ0v) is 34.4. The fourth-order valence-corrected chi connectivity index (χ4v) is 12.2. The van der Waals surface area contributed by atoms with Crippen LogP contribution in [-0.2, 0) is 27.2 Å². The zero-order valence-electron chi connectivity index (χ0n) is 34.4. The van der Waals surface area contributed by atoms with Crippen LogP contribution in [0.5, 0.6) is 23.0 Å². The van der Waals surface area contributed by atoms with Gasteiger partial charge in [-0.25, -0.2) is 0 Å². The Bertz CT molecular complexity index is 2390. The lowest BCUT2D eigenvalue weighted by Crippen LogP contribution is -2.51. The number of para-hydroxylation sites is 1. The number of ether oxygens (including phenoxy) is 3. The maximum atomic E-state index is 14.8. The summed E-state index contributed by atoms with van der Waals surface area (Å²) in [6, 6.07) is 16.6. The number of allylic oxidation sites excluding steroid dienone is 1. The van der Waals surface area contributed by atoms with E-state index in [-0.39, 0.29) is 83.9 Å². The standard InChI is InChI=1S/C50H55NO9/c1-58-44-20-28(13-16-41(44)54)19-42(55)46-24-31(53)22-37-36-26-45(59-2)43(56)25-35(36)38(49-33(10-4-6-12-47(57)60-46)32-9-3-5-11-40(32)51-49)21-29-27-50(17-7-8-18-50)39-23-30(52)14-15-34(39)48(29)37/h3,5,9,11,13,16,20-21,25-26,29-30,34,37,39,42,46,48,51-52,54-56H,7-8,10,12,14-15,17-19,22-24,27H2,1-2H3/t29-,30+,34+,37+,39-,42-,46-,48-/m0/s1. The minimum Gasteiger partial charge on any atom is -0.504 e. The molecule has 314 valence electrons. The average molecular weight is 814 g/mol. The first-order chi connectivity index (χ1) is 29.1. The van der Waals surface area contributed by atoms with E-state index in [4.69, 9.17) is 14.2 Å². The molecule has 1 aliphatic heterocycles. The third-order valence-electron chi connectivity index (χ3n) is 14.8. The van der Waals surface area contributed by atoms with Crippen molar-refractivity contribution >= 4 is 28.2 Å². The van der Waals surface area contributed by atoms with Crippen molar-refractivity contribution in [2.45, 2.75) is 108 Å². The van der Waals surface area contributed by atoms with Gasteiger partial charge in [0, 0.05) is 42.2 Å². The van der Waals surface area contributed by atoms with Gasteiger partial charge in [0.2, 0.25) is 0 Å². The molecule has 9 rings (SSSR count). The van der Waals surface area contributed by atoms with Gasteiger partial charge in [-0.15, -0.1) is 0 Å². The third kappa shape index (κ3) is 7.34. The molecule has 10 heteroatoms. The predicted molar refractivity (Wildman–Crippen MR) is 227 cm³/mol. The first-order valence-corrected chi connectivity index (χ1v) is 21.7. The van der Waals surface area contributed by atoms with Gasteiger partial charge in [0.05, 0.1) is 32.1 Å². The number of nitrogens with one attached hydrogen (secondary N) is 1. The Morgan fingerprint density at radius 2 is 1.70 bits per heavy atom. The van der Waals surface area contributed by atoms with E-state index in [0.29, 0.717) is 30.1 Å². The number of aliphatic hydroxyl groups is 2. The molecule has 3 aromatic carbocycles. The molecule has 3 saturated carbocycles. The van der Waals surface area contributed by atoms with E-state index in [2.05, 4.69) is 35.0 Å². The number of aliphatic hydroxyl groups excluding tert-OH is 2. The molecule has 1 spiro atoms. The van der Waals surface area contributed by atoms with Crippen LogP contribution in [0.3, 0.4) is 0 Å². The van der Waals surface area contributed by atoms with Gasteiger partial charge >= 0.3 is 5.97 Å². The highest BCUT2D eigenvalue weighted by atomic mass is 16.6. The van der Waals surface area contributed by atoms with E-state index in [0.717, 1.165) is 71.0 Å². The molecule has 10 nitrogen and oxygen atoms in total. The number of aromatic nitrogens is 1. The van der Waals surface area contributed by atoms with Gasteiger partial charge in [-0.2, -0.15) is 0 Å². The first-order valence-electron chi connectivity index (χ1n) is 21.7. The van der Waals surface area contributed by atoms with Gasteiger partial charge in [0.15, 0.2) is 23.0 Å². The summed E-state index contributed by atoms with van der Waals surface area (Å²) in [7, 11) is 2.99. The number of fused-ring (bicyclic) bond motifs is 9. The van der Waals surface area contributed by atoms with Crippen LogP contribution in [0.2, 0.25) is 0 Å². The van der Waals surface area contributed by atoms with Crippen LogP contribution in [0.15, 0.2) is 60.7 Å². The highest BCUT2D eigenvalue weighted by Gasteiger charge is 2.57. The molecular formula is C50H55NO9. The SMILES string of the molecule is COc1cc(C[C@H](O)[C@@H]2CC(=O)C[C@@H]3c4cc(OC)c(O)cc4C(=C[C@H]4CC5(CCCC5)[C@H]5C[C@H](O)CC[C@H]5[C@@H]34)c3[nH]c4ccccc4c3CC#CCC(=O)O2)ccc1O. The first kappa shape index (κ1) is 40.2. The number of carbonyl (C=O) groups is 2. The summed E-state index contributed by atoms with van der Waals surface area (Å²) >= 11 is 0. The molecule has 0 radical (unpaired) electrons. The lowest BCUT2D eigenvalue weighted by Gasteiger charge is -2.57. The van der Waals surface area contributed by atoms with E-state index in [1.54, 1.807) is 18.2 Å². The Morgan fingerprint density at radius 3 is 2.50 bits per heavy atom. The minimum absolute atomic E-state index is 0.0100. The van der Waals surface area contributed by atoms with Crippen molar-refractivity contribution < 1.29 is 44.2 Å². The molecule has 5 N–H and O–H groups in total.